The molecule has 5 nitrogen and oxygen atoms in total. The van der Waals surface area contributed by atoms with E-state index in [0.717, 1.165) is 22.0 Å². The summed E-state index contributed by atoms with van der Waals surface area (Å²) in [5, 5.41) is 21.4. The van der Waals surface area contributed by atoms with Crippen LogP contribution in [0.5, 0.6) is 0 Å². The van der Waals surface area contributed by atoms with Crippen molar-refractivity contribution in [2.24, 2.45) is 0 Å². The fraction of sp³-hybridized carbons (Fsp3) is 0.0417. The fourth-order valence-electron chi connectivity index (χ4n) is 3.45. The first kappa shape index (κ1) is 19.1. The van der Waals surface area contributed by atoms with Gasteiger partial charge in [0.1, 0.15) is 5.82 Å². The summed E-state index contributed by atoms with van der Waals surface area (Å²) in [4.78, 5) is 10.4. The Labute approximate surface area is 172 Å². The molecule has 6 heteroatoms. The molecule has 4 rings (SSSR count). The topological polar surface area (TPSA) is 71.9 Å². The summed E-state index contributed by atoms with van der Waals surface area (Å²) >= 11 is 0. The molecule has 0 radical (unpaired) electrons. The average Bonchev–Trinajstić information content (AvgIpc) is 3.10. The van der Waals surface area contributed by atoms with Gasteiger partial charge in [0.15, 0.2) is 0 Å². The molecule has 1 aromatic heterocycles. The molecule has 1 heterocycles. The second-order valence-corrected chi connectivity index (χ2v) is 6.80. The van der Waals surface area contributed by atoms with Crippen molar-refractivity contribution in [3.05, 3.63) is 112 Å². The van der Waals surface area contributed by atoms with Crippen LogP contribution in [0.15, 0.2) is 79.0 Å². The third-order valence-corrected chi connectivity index (χ3v) is 4.90. The van der Waals surface area contributed by atoms with Gasteiger partial charge in [0.25, 0.3) is 5.69 Å². The van der Waals surface area contributed by atoms with E-state index in [1.807, 2.05) is 35.0 Å². The Morgan fingerprint density at radius 3 is 2.47 bits per heavy atom. The molecule has 3 aromatic carbocycles. The molecule has 0 N–H and O–H groups in total. The Bertz CT molecular complexity index is 1310. The second kappa shape index (κ2) is 8.02. The third-order valence-electron chi connectivity index (χ3n) is 4.90. The van der Waals surface area contributed by atoms with E-state index < -0.39 is 10.7 Å². The molecule has 0 saturated heterocycles. The Morgan fingerprint density at radius 2 is 1.77 bits per heavy atom. The first-order valence-corrected chi connectivity index (χ1v) is 9.25. The van der Waals surface area contributed by atoms with Crippen LogP contribution < -0.4 is 0 Å². The van der Waals surface area contributed by atoms with Crippen LogP contribution in [-0.4, -0.2) is 9.49 Å². The van der Waals surface area contributed by atoms with Crippen LogP contribution in [0.1, 0.15) is 16.7 Å². The highest BCUT2D eigenvalue weighted by Crippen LogP contribution is 2.28. The normalized spacial score (nSPS) is 11.4. The maximum Gasteiger partial charge on any atom is 0.269 e. The molecule has 0 bridgehead atoms. The smallest absolute Gasteiger partial charge is 0.269 e. The van der Waals surface area contributed by atoms with E-state index >= 15 is 0 Å². The SMILES string of the molecule is N#C/C(=C/c1cn(Cc2ccc([N+](=O)[O-])cc2)c2ccccc12)c1ccccc1F. The molecule has 0 fully saturated rings. The Morgan fingerprint density at radius 1 is 1.07 bits per heavy atom. The summed E-state index contributed by atoms with van der Waals surface area (Å²) in [5.41, 5.74) is 3.20. The number of non-ortho nitro benzene ring substituents is 1. The van der Waals surface area contributed by atoms with Gasteiger partial charge in [0.2, 0.25) is 0 Å². The summed E-state index contributed by atoms with van der Waals surface area (Å²) in [6, 6.07) is 22.4. The van der Waals surface area contributed by atoms with Gasteiger partial charge in [-0.1, -0.05) is 48.5 Å². The molecule has 0 unspecified atom stereocenters. The second-order valence-electron chi connectivity index (χ2n) is 6.80. The number of hydrogen-bond donors (Lipinski definition) is 0. The quantitative estimate of drug-likeness (QED) is 0.243. The average molecular weight is 397 g/mol. The molecule has 30 heavy (non-hydrogen) atoms. The molecular formula is C24H16FN3O2. The van der Waals surface area contributed by atoms with E-state index in [0.29, 0.717) is 6.54 Å². The van der Waals surface area contributed by atoms with E-state index in [1.54, 1.807) is 36.4 Å². The number of benzene rings is 3. The van der Waals surface area contributed by atoms with Crippen molar-refractivity contribution >= 4 is 28.2 Å². The lowest BCUT2D eigenvalue weighted by Crippen LogP contribution is -1.98. The predicted octanol–water partition coefficient (Wildman–Crippen LogP) is 5.80. The molecule has 0 atom stereocenters. The number of para-hydroxylation sites is 1. The van der Waals surface area contributed by atoms with Crippen molar-refractivity contribution in [3.63, 3.8) is 0 Å². The maximum atomic E-state index is 14.2. The summed E-state index contributed by atoms with van der Waals surface area (Å²) in [7, 11) is 0. The van der Waals surface area contributed by atoms with Crippen molar-refractivity contribution in [3.8, 4) is 6.07 Å². The Balaban J connectivity index is 1.76. The van der Waals surface area contributed by atoms with Crippen molar-refractivity contribution in [1.29, 1.82) is 5.26 Å². The fourth-order valence-corrected chi connectivity index (χ4v) is 3.45. The lowest BCUT2D eigenvalue weighted by molar-refractivity contribution is -0.384. The van der Waals surface area contributed by atoms with Crippen LogP contribution in [0.3, 0.4) is 0 Å². The number of nitro benzene ring substituents is 1. The standard InChI is InChI=1S/C24H16FN3O2/c25-23-7-3-1-5-21(23)18(14-26)13-19-16-27(24-8-4-2-6-22(19)24)15-17-9-11-20(12-10-17)28(29)30/h1-13,16H,15H2/b18-13-. The third kappa shape index (κ3) is 3.69. The van der Waals surface area contributed by atoms with Gasteiger partial charge >= 0.3 is 0 Å². The minimum Gasteiger partial charge on any atom is -0.342 e. The molecular weight excluding hydrogens is 381 g/mol. The van der Waals surface area contributed by atoms with Gasteiger partial charge in [0, 0.05) is 46.9 Å². The van der Waals surface area contributed by atoms with Gasteiger partial charge in [0.05, 0.1) is 16.6 Å². The zero-order chi connectivity index (χ0) is 21.1. The maximum absolute atomic E-state index is 14.2. The number of rotatable bonds is 5. The van der Waals surface area contributed by atoms with Crippen molar-refractivity contribution in [1.82, 2.24) is 4.57 Å². The van der Waals surface area contributed by atoms with Crippen molar-refractivity contribution < 1.29 is 9.31 Å². The van der Waals surface area contributed by atoms with Crippen LogP contribution >= 0.6 is 0 Å². The highest BCUT2D eigenvalue weighted by molar-refractivity contribution is 5.98. The van der Waals surface area contributed by atoms with Gasteiger partial charge in [-0.25, -0.2) is 4.39 Å². The van der Waals surface area contributed by atoms with Crippen LogP contribution in [0.4, 0.5) is 10.1 Å². The summed E-state index contributed by atoms with van der Waals surface area (Å²) < 4.78 is 16.2. The van der Waals surface area contributed by atoms with Gasteiger partial charge in [-0.05, 0) is 23.8 Å². The van der Waals surface area contributed by atoms with Gasteiger partial charge < -0.3 is 4.57 Å². The largest absolute Gasteiger partial charge is 0.342 e. The summed E-state index contributed by atoms with van der Waals surface area (Å²) in [6.45, 7) is 0.508. The van der Waals surface area contributed by atoms with Crippen LogP contribution in [0, 0.1) is 27.3 Å². The van der Waals surface area contributed by atoms with E-state index in [4.69, 9.17) is 0 Å². The van der Waals surface area contributed by atoms with Gasteiger partial charge in [-0.2, -0.15) is 5.26 Å². The minimum atomic E-state index is -0.445. The number of nitriles is 1. The number of nitrogens with zero attached hydrogens (tertiary/aromatic N) is 3. The number of halogens is 1. The molecule has 0 aliphatic rings. The molecule has 146 valence electrons. The number of nitro groups is 1. The zero-order valence-electron chi connectivity index (χ0n) is 15.8. The Kier molecular flexibility index (Phi) is 5.10. The molecule has 0 saturated carbocycles. The van der Waals surface area contributed by atoms with Crippen molar-refractivity contribution in [2.75, 3.05) is 0 Å². The Hall–Kier alpha value is -4.24. The molecule has 0 aliphatic heterocycles. The molecule has 0 spiro atoms. The first-order chi connectivity index (χ1) is 14.6. The van der Waals surface area contributed by atoms with Crippen LogP contribution in [0.25, 0.3) is 22.6 Å². The summed E-state index contributed by atoms with van der Waals surface area (Å²) in [6.07, 6.45) is 3.59. The first-order valence-electron chi connectivity index (χ1n) is 9.25. The number of allylic oxidation sites excluding steroid dienone is 1. The van der Waals surface area contributed by atoms with Crippen molar-refractivity contribution in [2.45, 2.75) is 6.54 Å². The molecule has 0 amide bonds. The minimum absolute atomic E-state index is 0.0447. The van der Waals surface area contributed by atoms with E-state index in [2.05, 4.69) is 6.07 Å². The summed E-state index contributed by atoms with van der Waals surface area (Å²) in [5.74, 6) is -0.445. The highest BCUT2D eigenvalue weighted by Gasteiger charge is 2.12. The highest BCUT2D eigenvalue weighted by atomic mass is 19.1. The molecule has 0 aliphatic carbocycles. The van der Waals surface area contributed by atoms with Gasteiger partial charge in [-0.3, -0.25) is 10.1 Å². The number of hydrogen-bond acceptors (Lipinski definition) is 3. The lowest BCUT2D eigenvalue weighted by Gasteiger charge is -2.05. The number of fused-ring (bicyclic) bond motifs is 1. The predicted molar refractivity (Wildman–Crippen MR) is 114 cm³/mol. The monoisotopic (exact) mass is 397 g/mol. The van der Waals surface area contributed by atoms with E-state index in [9.17, 15) is 19.8 Å². The van der Waals surface area contributed by atoms with Gasteiger partial charge in [-0.15, -0.1) is 0 Å². The zero-order valence-corrected chi connectivity index (χ0v) is 15.8. The lowest BCUT2D eigenvalue weighted by atomic mass is 10.0. The van der Waals surface area contributed by atoms with E-state index in [1.165, 1.54) is 18.2 Å². The van der Waals surface area contributed by atoms with E-state index in [-0.39, 0.29) is 16.8 Å². The van der Waals surface area contributed by atoms with Crippen LogP contribution in [0.2, 0.25) is 0 Å². The van der Waals surface area contributed by atoms with Crippen LogP contribution in [-0.2, 0) is 6.54 Å². The molecule has 4 aromatic rings. The number of aromatic nitrogens is 1.